The fourth-order valence-electron chi connectivity index (χ4n) is 3.76. The Bertz CT molecular complexity index is 507. The molecule has 0 aliphatic carbocycles. The highest BCUT2D eigenvalue weighted by Crippen LogP contribution is 2.38. The molecule has 2 aromatic rings. The first-order chi connectivity index (χ1) is 12.3. The van der Waals surface area contributed by atoms with Crippen molar-refractivity contribution in [3.8, 4) is 0 Å². The number of thiophene rings is 2. The Kier molecular flexibility index (Phi) is 10.8. The van der Waals surface area contributed by atoms with Crippen molar-refractivity contribution in [2.75, 3.05) is 0 Å². The van der Waals surface area contributed by atoms with Gasteiger partial charge in [-0.25, -0.2) is 0 Å². The molecular formula is C23H38S2. The van der Waals surface area contributed by atoms with Crippen molar-refractivity contribution in [1.29, 1.82) is 0 Å². The van der Waals surface area contributed by atoms with E-state index >= 15 is 0 Å². The molecule has 0 aliphatic rings. The molecule has 0 aromatic carbocycles. The lowest BCUT2D eigenvalue weighted by atomic mass is 9.93. The van der Waals surface area contributed by atoms with Crippen LogP contribution in [0.25, 0.3) is 9.40 Å². The van der Waals surface area contributed by atoms with Crippen LogP contribution < -0.4 is 0 Å². The minimum Gasteiger partial charge on any atom is -0.143 e. The van der Waals surface area contributed by atoms with Crippen LogP contribution in [-0.2, 0) is 0 Å². The highest BCUT2D eigenvalue weighted by Gasteiger charge is 2.15. The molecule has 0 saturated carbocycles. The highest BCUT2D eigenvalue weighted by atomic mass is 32.1. The van der Waals surface area contributed by atoms with Gasteiger partial charge in [-0.05, 0) is 36.3 Å². The second-order valence-electron chi connectivity index (χ2n) is 7.61. The van der Waals surface area contributed by atoms with Crippen LogP contribution in [0.5, 0.6) is 0 Å². The van der Waals surface area contributed by atoms with Crippen molar-refractivity contribution in [3.05, 3.63) is 22.4 Å². The fourth-order valence-corrected chi connectivity index (χ4v) is 6.05. The Hall–Kier alpha value is -0.340. The lowest BCUT2D eigenvalue weighted by molar-refractivity contribution is 0.491. The van der Waals surface area contributed by atoms with Gasteiger partial charge in [-0.15, -0.1) is 22.7 Å². The lowest BCUT2D eigenvalue weighted by Gasteiger charge is -2.15. The summed E-state index contributed by atoms with van der Waals surface area (Å²) < 4.78 is 3.02. The second kappa shape index (κ2) is 12.9. The van der Waals surface area contributed by atoms with Crippen molar-refractivity contribution in [2.45, 2.75) is 110 Å². The van der Waals surface area contributed by atoms with Crippen LogP contribution in [-0.4, -0.2) is 0 Å². The molecule has 0 nitrogen and oxygen atoms in total. The molecular weight excluding hydrogens is 340 g/mol. The topological polar surface area (TPSA) is 0 Å². The monoisotopic (exact) mass is 378 g/mol. The quantitative estimate of drug-likeness (QED) is 0.271. The molecule has 0 N–H and O–H groups in total. The maximum Gasteiger partial charge on any atom is 0.0453 e. The first-order valence-corrected chi connectivity index (χ1v) is 12.5. The van der Waals surface area contributed by atoms with Gasteiger partial charge in [0.1, 0.15) is 0 Å². The summed E-state index contributed by atoms with van der Waals surface area (Å²) in [7, 11) is 0. The third-order valence-electron chi connectivity index (χ3n) is 5.37. The molecule has 0 amide bonds. The maximum atomic E-state index is 2.50. The van der Waals surface area contributed by atoms with E-state index < -0.39 is 0 Å². The molecule has 142 valence electrons. The van der Waals surface area contributed by atoms with E-state index in [1.54, 1.807) is 4.88 Å². The Morgan fingerprint density at radius 2 is 1.28 bits per heavy atom. The van der Waals surface area contributed by atoms with Gasteiger partial charge in [-0.3, -0.25) is 0 Å². The normalized spacial score (nSPS) is 11.8. The first kappa shape index (κ1) is 21.0. The molecule has 2 heterocycles. The van der Waals surface area contributed by atoms with Crippen LogP contribution in [0.3, 0.4) is 0 Å². The van der Waals surface area contributed by atoms with Crippen molar-refractivity contribution in [2.24, 2.45) is 0 Å². The highest BCUT2D eigenvalue weighted by molar-refractivity contribution is 7.26. The predicted molar refractivity (Wildman–Crippen MR) is 118 cm³/mol. The summed E-state index contributed by atoms with van der Waals surface area (Å²) in [5.74, 6) is 0.821. The van der Waals surface area contributed by atoms with Gasteiger partial charge >= 0.3 is 0 Å². The second-order valence-corrected chi connectivity index (χ2v) is 9.67. The SMILES string of the molecule is CCCCCCCCC(CCCCCCCC)c1cc2sccc2s1. The number of unbranched alkanes of at least 4 members (excludes halogenated alkanes) is 10. The van der Waals surface area contributed by atoms with Gasteiger partial charge in [-0.2, -0.15) is 0 Å². The summed E-state index contributed by atoms with van der Waals surface area (Å²) >= 11 is 3.98. The molecule has 0 spiro atoms. The molecule has 0 atom stereocenters. The number of fused-ring (bicyclic) bond motifs is 1. The fraction of sp³-hybridized carbons (Fsp3) is 0.739. The summed E-state index contributed by atoms with van der Waals surface area (Å²) in [5, 5.41) is 2.24. The van der Waals surface area contributed by atoms with E-state index in [1.165, 1.54) is 99.3 Å². The van der Waals surface area contributed by atoms with Gasteiger partial charge in [0.15, 0.2) is 0 Å². The minimum atomic E-state index is 0.821. The largest absolute Gasteiger partial charge is 0.143 e. The number of hydrogen-bond acceptors (Lipinski definition) is 2. The Morgan fingerprint density at radius 1 is 0.720 bits per heavy atom. The number of hydrogen-bond donors (Lipinski definition) is 0. The molecule has 0 bridgehead atoms. The average Bonchev–Trinajstić information content (AvgIpc) is 3.21. The van der Waals surface area contributed by atoms with Crippen molar-refractivity contribution >= 4 is 32.1 Å². The maximum absolute atomic E-state index is 2.50. The van der Waals surface area contributed by atoms with Crippen LogP contribution in [0.4, 0.5) is 0 Å². The lowest BCUT2D eigenvalue weighted by Crippen LogP contribution is -1.97. The van der Waals surface area contributed by atoms with Crippen LogP contribution in [0.1, 0.15) is 115 Å². The van der Waals surface area contributed by atoms with E-state index in [4.69, 9.17) is 0 Å². The number of rotatable bonds is 15. The zero-order chi connectivity index (χ0) is 17.7. The third-order valence-corrected chi connectivity index (χ3v) is 7.63. The smallest absolute Gasteiger partial charge is 0.0453 e. The van der Waals surface area contributed by atoms with E-state index in [1.807, 2.05) is 11.3 Å². The standard InChI is InChI=1S/C23H38S2/c1-3-5-7-9-11-13-15-20(16-14-12-10-8-6-4-2)22-19-23-21(25-22)17-18-24-23/h17-20H,3-16H2,1-2H3. The summed E-state index contributed by atoms with van der Waals surface area (Å²) in [6.45, 7) is 4.61. The molecule has 0 aliphatic heterocycles. The molecule has 2 aromatic heterocycles. The summed E-state index contributed by atoms with van der Waals surface area (Å²) in [4.78, 5) is 1.67. The molecule has 0 unspecified atom stereocenters. The van der Waals surface area contributed by atoms with E-state index in [0.29, 0.717) is 0 Å². The van der Waals surface area contributed by atoms with Crippen LogP contribution in [0, 0.1) is 0 Å². The van der Waals surface area contributed by atoms with Gasteiger partial charge in [0.2, 0.25) is 0 Å². The summed E-state index contributed by atoms with van der Waals surface area (Å²) in [6, 6.07) is 4.81. The summed E-state index contributed by atoms with van der Waals surface area (Å²) in [6.07, 6.45) is 19.9. The molecule has 0 fully saturated rings. The van der Waals surface area contributed by atoms with E-state index in [2.05, 4.69) is 42.7 Å². The predicted octanol–water partition coefficient (Wildman–Crippen LogP) is 9.55. The van der Waals surface area contributed by atoms with Gasteiger partial charge in [0, 0.05) is 14.3 Å². The van der Waals surface area contributed by atoms with E-state index in [-0.39, 0.29) is 0 Å². The van der Waals surface area contributed by atoms with Crippen LogP contribution in [0.2, 0.25) is 0 Å². The van der Waals surface area contributed by atoms with Crippen molar-refractivity contribution < 1.29 is 0 Å². The van der Waals surface area contributed by atoms with E-state index in [0.717, 1.165) is 5.92 Å². The van der Waals surface area contributed by atoms with Gasteiger partial charge in [-0.1, -0.05) is 90.9 Å². The zero-order valence-electron chi connectivity index (χ0n) is 16.5. The van der Waals surface area contributed by atoms with E-state index in [9.17, 15) is 0 Å². The Morgan fingerprint density at radius 3 is 1.84 bits per heavy atom. The van der Waals surface area contributed by atoms with Crippen molar-refractivity contribution in [1.82, 2.24) is 0 Å². The Labute approximate surface area is 164 Å². The molecule has 25 heavy (non-hydrogen) atoms. The van der Waals surface area contributed by atoms with Gasteiger partial charge < -0.3 is 0 Å². The third kappa shape index (κ3) is 7.83. The first-order valence-electron chi connectivity index (χ1n) is 10.8. The summed E-state index contributed by atoms with van der Waals surface area (Å²) in [5.41, 5.74) is 0. The molecule has 0 radical (unpaired) electrons. The Balaban J connectivity index is 1.77. The van der Waals surface area contributed by atoms with Gasteiger partial charge in [0.25, 0.3) is 0 Å². The minimum absolute atomic E-state index is 0.821. The van der Waals surface area contributed by atoms with Crippen LogP contribution in [0.15, 0.2) is 17.5 Å². The molecule has 2 heteroatoms. The van der Waals surface area contributed by atoms with Crippen LogP contribution >= 0.6 is 22.7 Å². The van der Waals surface area contributed by atoms with Gasteiger partial charge in [0.05, 0.1) is 0 Å². The molecule has 2 rings (SSSR count). The average molecular weight is 379 g/mol. The molecule has 0 saturated heterocycles. The van der Waals surface area contributed by atoms with Crippen molar-refractivity contribution in [3.63, 3.8) is 0 Å². The zero-order valence-corrected chi connectivity index (χ0v) is 18.2.